The molecule has 1 fully saturated rings. The Kier molecular flexibility index (Phi) is 8.06. The van der Waals surface area contributed by atoms with Gasteiger partial charge in [0.05, 0.1) is 0 Å². The Balaban J connectivity index is 0.00000196. The van der Waals surface area contributed by atoms with Gasteiger partial charge >= 0.3 is 18.9 Å². The molecule has 84 valence electrons. The van der Waals surface area contributed by atoms with Crippen LogP contribution in [-0.2, 0) is 0 Å². The van der Waals surface area contributed by atoms with Crippen molar-refractivity contribution in [2.45, 2.75) is 71.9 Å². The minimum absolute atomic E-state index is 0. The Labute approximate surface area is 108 Å². The molecule has 1 saturated carbocycles. The average Bonchev–Trinajstić information content (AvgIpc) is 2.55. The van der Waals surface area contributed by atoms with E-state index < -0.39 is 0 Å². The van der Waals surface area contributed by atoms with Gasteiger partial charge in [0.1, 0.15) is 0 Å². The Morgan fingerprint density at radius 2 is 1.47 bits per heavy atom. The van der Waals surface area contributed by atoms with Crippen LogP contribution in [0.1, 0.15) is 59.8 Å². The fourth-order valence-electron chi connectivity index (χ4n) is 2.74. The van der Waals surface area contributed by atoms with Crippen LogP contribution in [0.4, 0.5) is 0 Å². The standard InChI is InChI=1S/C13H27N.Li/c1-11(2)14(12(3)4)10-9-13-7-5-6-8-13;/h11-13H,5-10H2,1-4H3;/q;+1. The van der Waals surface area contributed by atoms with Gasteiger partial charge in [-0.15, -0.1) is 0 Å². The molecule has 0 N–H and O–H groups in total. The third-order valence-electron chi connectivity index (χ3n) is 3.60. The molecule has 2 heteroatoms. The van der Waals surface area contributed by atoms with E-state index in [1.54, 1.807) is 0 Å². The summed E-state index contributed by atoms with van der Waals surface area (Å²) in [4.78, 5) is 2.62. The first-order valence-electron chi connectivity index (χ1n) is 6.37. The van der Waals surface area contributed by atoms with Crippen molar-refractivity contribution in [3.8, 4) is 0 Å². The number of rotatable bonds is 5. The van der Waals surface area contributed by atoms with E-state index in [0.717, 1.165) is 5.92 Å². The predicted molar refractivity (Wildman–Crippen MR) is 63.6 cm³/mol. The molecule has 1 aliphatic carbocycles. The van der Waals surface area contributed by atoms with Crippen molar-refractivity contribution in [1.82, 2.24) is 4.90 Å². The van der Waals surface area contributed by atoms with E-state index in [9.17, 15) is 0 Å². The molecule has 0 spiro atoms. The Morgan fingerprint density at radius 1 is 1.00 bits per heavy atom. The van der Waals surface area contributed by atoms with Crippen LogP contribution in [0.3, 0.4) is 0 Å². The Morgan fingerprint density at radius 3 is 1.87 bits per heavy atom. The maximum absolute atomic E-state index is 2.62. The first-order chi connectivity index (χ1) is 6.61. The van der Waals surface area contributed by atoms with Crippen LogP contribution in [0.25, 0.3) is 0 Å². The van der Waals surface area contributed by atoms with Crippen LogP contribution in [0.2, 0.25) is 0 Å². The van der Waals surface area contributed by atoms with E-state index in [2.05, 4.69) is 32.6 Å². The molecule has 0 bridgehead atoms. The molecule has 0 heterocycles. The van der Waals surface area contributed by atoms with Crippen LogP contribution in [0.5, 0.6) is 0 Å². The van der Waals surface area contributed by atoms with Crippen molar-refractivity contribution in [3.63, 3.8) is 0 Å². The summed E-state index contributed by atoms with van der Waals surface area (Å²) in [6.07, 6.45) is 7.37. The third-order valence-corrected chi connectivity index (χ3v) is 3.60. The van der Waals surface area contributed by atoms with E-state index >= 15 is 0 Å². The van der Waals surface area contributed by atoms with Gasteiger partial charge in [0.25, 0.3) is 0 Å². The first kappa shape index (κ1) is 15.6. The van der Waals surface area contributed by atoms with Crippen LogP contribution in [0.15, 0.2) is 0 Å². The molecule has 1 aliphatic rings. The Hall–Kier alpha value is 0.557. The molecule has 0 aromatic rings. The zero-order valence-electron chi connectivity index (χ0n) is 11.4. The van der Waals surface area contributed by atoms with Crippen LogP contribution >= 0.6 is 0 Å². The van der Waals surface area contributed by atoms with Gasteiger partial charge in [-0.3, -0.25) is 4.90 Å². The average molecular weight is 204 g/mol. The fourth-order valence-corrected chi connectivity index (χ4v) is 2.74. The van der Waals surface area contributed by atoms with Crippen molar-refractivity contribution in [3.05, 3.63) is 0 Å². The van der Waals surface area contributed by atoms with Crippen LogP contribution in [-0.4, -0.2) is 23.5 Å². The van der Waals surface area contributed by atoms with Crippen molar-refractivity contribution in [2.24, 2.45) is 5.92 Å². The second-order valence-corrected chi connectivity index (χ2v) is 5.36. The molecule has 0 saturated heterocycles. The number of hydrogen-bond acceptors (Lipinski definition) is 1. The van der Waals surface area contributed by atoms with Crippen molar-refractivity contribution in [1.29, 1.82) is 0 Å². The first-order valence-corrected chi connectivity index (χ1v) is 6.37. The molecular formula is C13H27LiN+. The van der Waals surface area contributed by atoms with E-state index in [4.69, 9.17) is 0 Å². The number of nitrogens with zero attached hydrogens (tertiary/aromatic N) is 1. The molecule has 0 aromatic carbocycles. The van der Waals surface area contributed by atoms with Gasteiger partial charge in [-0.1, -0.05) is 25.7 Å². The van der Waals surface area contributed by atoms with Gasteiger partial charge < -0.3 is 0 Å². The maximum atomic E-state index is 2.62. The predicted octanol–water partition coefficient (Wildman–Crippen LogP) is 0.690. The van der Waals surface area contributed by atoms with Gasteiger partial charge in [0, 0.05) is 12.1 Å². The summed E-state index contributed by atoms with van der Waals surface area (Å²) in [5, 5.41) is 0. The fraction of sp³-hybridized carbons (Fsp3) is 1.00. The molecule has 0 unspecified atom stereocenters. The second-order valence-electron chi connectivity index (χ2n) is 5.36. The van der Waals surface area contributed by atoms with E-state index in [1.807, 2.05) is 0 Å². The summed E-state index contributed by atoms with van der Waals surface area (Å²) in [5.41, 5.74) is 0. The zero-order chi connectivity index (χ0) is 10.6. The van der Waals surface area contributed by atoms with Gasteiger partial charge in [-0.05, 0) is 46.6 Å². The molecular weight excluding hydrogens is 177 g/mol. The summed E-state index contributed by atoms with van der Waals surface area (Å²) < 4.78 is 0. The normalized spacial score (nSPS) is 17.8. The monoisotopic (exact) mass is 204 g/mol. The molecule has 0 atom stereocenters. The molecule has 15 heavy (non-hydrogen) atoms. The summed E-state index contributed by atoms with van der Waals surface area (Å²) >= 11 is 0. The molecule has 0 radical (unpaired) electrons. The third kappa shape index (κ3) is 5.43. The van der Waals surface area contributed by atoms with Gasteiger partial charge in [0.15, 0.2) is 0 Å². The molecule has 1 rings (SSSR count). The summed E-state index contributed by atoms with van der Waals surface area (Å²) in [7, 11) is 0. The quantitative estimate of drug-likeness (QED) is 0.596. The molecule has 1 nitrogen and oxygen atoms in total. The molecule has 0 amide bonds. The topological polar surface area (TPSA) is 3.24 Å². The molecule has 0 aliphatic heterocycles. The van der Waals surface area contributed by atoms with Gasteiger partial charge in [-0.25, -0.2) is 0 Å². The van der Waals surface area contributed by atoms with Crippen molar-refractivity contribution in [2.75, 3.05) is 6.54 Å². The minimum Gasteiger partial charge on any atom is -0.299 e. The summed E-state index contributed by atoms with van der Waals surface area (Å²) in [5.74, 6) is 1.04. The van der Waals surface area contributed by atoms with E-state index in [-0.39, 0.29) is 18.9 Å². The van der Waals surface area contributed by atoms with E-state index in [1.165, 1.54) is 38.6 Å². The Bertz CT molecular complexity index is 143. The van der Waals surface area contributed by atoms with Gasteiger partial charge in [-0.2, -0.15) is 0 Å². The van der Waals surface area contributed by atoms with Crippen LogP contribution < -0.4 is 18.9 Å². The minimum atomic E-state index is 0. The summed E-state index contributed by atoms with van der Waals surface area (Å²) in [6, 6.07) is 1.41. The van der Waals surface area contributed by atoms with Gasteiger partial charge in [0.2, 0.25) is 0 Å². The SMILES string of the molecule is CC(C)N(CCC1CCCC1)C(C)C.[Li+]. The van der Waals surface area contributed by atoms with Crippen molar-refractivity contribution < 1.29 is 18.9 Å². The smallest absolute Gasteiger partial charge is 0.299 e. The van der Waals surface area contributed by atoms with Crippen molar-refractivity contribution >= 4 is 0 Å². The number of hydrogen-bond donors (Lipinski definition) is 0. The maximum Gasteiger partial charge on any atom is 1.00 e. The zero-order valence-corrected chi connectivity index (χ0v) is 11.4. The second kappa shape index (κ2) is 7.77. The summed E-state index contributed by atoms with van der Waals surface area (Å²) in [6.45, 7) is 10.6. The van der Waals surface area contributed by atoms with E-state index in [0.29, 0.717) is 12.1 Å². The molecule has 0 aromatic heterocycles. The largest absolute Gasteiger partial charge is 1.00 e. The van der Waals surface area contributed by atoms with Crippen LogP contribution in [0, 0.1) is 5.92 Å².